The lowest BCUT2D eigenvalue weighted by Gasteiger charge is -2.30. The first-order valence-electron chi connectivity index (χ1n) is 5.24. The van der Waals surface area contributed by atoms with Crippen LogP contribution in [0.1, 0.15) is 38.5 Å². The van der Waals surface area contributed by atoms with E-state index in [0.717, 1.165) is 25.3 Å². The van der Waals surface area contributed by atoms with Crippen LogP contribution in [0.4, 0.5) is 4.39 Å². The highest BCUT2D eigenvalue weighted by Crippen LogP contribution is 2.31. The molecule has 1 aliphatic heterocycles. The number of rotatable bonds is 1. The highest BCUT2D eigenvalue weighted by atomic mass is 35.5. The molecule has 1 saturated heterocycles. The maximum Gasteiger partial charge on any atom is 0.103 e. The minimum atomic E-state index is -0.531. The van der Waals surface area contributed by atoms with Gasteiger partial charge in [0.25, 0.3) is 0 Å². The molecule has 1 aliphatic carbocycles. The summed E-state index contributed by atoms with van der Waals surface area (Å²) in [5, 5.41) is 3.45. The van der Waals surface area contributed by atoms with Crippen molar-refractivity contribution in [1.82, 2.24) is 5.32 Å². The number of hydrogen-bond acceptors (Lipinski definition) is 1. The van der Waals surface area contributed by atoms with E-state index < -0.39 is 6.17 Å². The summed E-state index contributed by atoms with van der Waals surface area (Å²) in [6, 6.07) is 0.497. The van der Waals surface area contributed by atoms with E-state index in [1.165, 1.54) is 25.7 Å². The van der Waals surface area contributed by atoms with Crippen LogP contribution >= 0.6 is 12.4 Å². The van der Waals surface area contributed by atoms with Crippen LogP contribution < -0.4 is 5.32 Å². The van der Waals surface area contributed by atoms with Crippen molar-refractivity contribution < 1.29 is 4.39 Å². The minimum Gasteiger partial charge on any atom is -0.313 e. The van der Waals surface area contributed by atoms with E-state index in [1.54, 1.807) is 0 Å². The Bertz CT molecular complexity index is 148. The van der Waals surface area contributed by atoms with Gasteiger partial charge in [0.05, 0.1) is 0 Å². The average Bonchev–Trinajstić information content (AvgIpc) is 2.56. The summed E-state index contributed by atoms with van der Waals surface area (Å²) in [6.07, 6.45) is 6.33. The predicted octanol–water partition coefficient (Wildman–Crippen LogP) is 2.69. The van der Waals surface area contributed by atoms with Gasteiger partial charge in [0.15, 0.2) is 0 Å². The van der Waals surface area contributed by atoms with E-state index in [4.69, 9.17) is 0 Å². The lowest BCUT2D eigenvalue weighted by atomic mass is 9.90. The second-order valence-corrected chi connectivity index (χ2v) is 4.23. The predicted molar refractivity (Wildman–Crippen MR) is 55.1 cm³/mol. The molecule has 1 saturated carbocycles. The largest absolute Gasteiger partial charge is 0.313 e. The molecule has 0 aromatic heterocycles. The van der Waals surface area contributed by atoms with Crippen LogP contribution in [0.3, 0.4) is 0 Å². The molecule has 2 unspecified atom stereocenters. The first-order chi connectivity index (χ1) is 5.86. The Kier molecular flexibility index (Phi) is 4.47. The third kappa shape index (κ3) is 2.81. The summed E-state index contributed by atoms with van der Waals surface area (Å²) in [4.78, 5) is 0. The highest BCUT2D eigenvalue weighted by Gasteiger charge is 2.29. The Labute approximate surface area is 85.9 Å². The first kappa shape index (κ1) is 11.3. The molecule has 2 fully saturated rings. The van der Waals surface area contributed by atoms with E-state index in [0.29, 0.717) is 6.04 Å². The zero-order valence-corrected chi connectivity index (χ0v) is 8.78. The quantitative estimate of drug-likeness (QED) is 0.697. The van der Waals surface area contributed by atoms with Gasteiger partial charge in [0.2, 0.25) is 0 Å². The van der Waals surface area contributed by atoms with Crippen molar-refractivity contribution in [3.63, 3.8) is 0 Å². The maximum absolute atomic E-state index is 13.0. The molecule has 0 radical (unpaired) electrons. The molecule has 2 aliphatic rings. The zero-order valence-electron chi connectivity index (χ0n) is 7.97. The van der Waals surface area contributed by atoms with E-state index in [-0.39, 0.29) is 12.4 Å². The number of alkyl halides is 1. The highest BCUT2D eigenvalue weighted by molar-refractivity contribution is 5.85. The Balaban J connectivity index is 0.000000845. The van der Waals surface area contributed by atoms with Crippen LogP contribution in [0.25, 0.3) is 0 Å². The zero-order chi connectivity index (χ0) is 8.39. The second kappa shape index (κ2) is 5.16. The smallest absolute Gasteiger partial charge is 0.103 e. The Morgan fingerprint density at radius 3 is 2.38 bits per heavy atom. The Morgan fingerprint density at radius 1 is 1.08 bits per heavy atom. The molecular formula is C10H19ClFN. The molecule has 13 heavy (non-hydrogen) atoms. The Hall–Kier alpha value is 0.180. The summed E-state index contributed by atoms with van der Waals surface area (Å²) in [7, 11) is 0. The van der Waals surface area contributed by atoms with Gasteiger partial charge >= 0.3 is 0 Å². The van der Waals surface area contributed by atoms with E-state index in [2.05, 4.69) is 5.32 Å². The summed E-state index contributed by atoms with van der Waals surface area (Å²) in [5.74, 6) is 0.781. The summed E-state index contributed by atoms with van der Waals surface area (Å²) < 4.78 is 13.0. The summed E-state index contributed by atoms with van der Waals surface area (Å²) in [5.41, 5.74) is 0. The average molecular weight is 208 g/mol. The lowest BCUT2D eigenvalue weighted by Crippen LogP contribution is -2.43. The van der Waals surface area contributed by atoms with Crippen molar-refractivity contribution in [2.75, 3.05) is 6.54 Å². The molecule has 0 aromatic carbocycles. The van der Waals surface area contributed by atoms with Crippen LogP contribution in [0.2, 0.25) is 0 Å². The molecule has 0 spiro atoms. The van der Waals surface area contributed by atoms with Crippen molar-refractivity contribution >= 4 is 12.4 Å². The van der Waals surface area contributed by atoms with Gasteiger partial charge in [-0.1, -0.05) is 12.8 Å². The van der Waals surface area contributed by atoms with Gasteiger partial charge in [0, 0.05) is 6.04 Å². The molecular weight excluding hydrogens is 189 g/mol. The molecule has 78 valence electrons. The fourth-order valence-corrected chi connectivity index (χ4v) is 2.62. The van der Waals surface area contributed by atoms with Crippen LogP contribution in [-0.2, 0) is 0 Å². The number of hydrogen-bond donors (Lipinski definition) is 1. The fraction of sp³-hybridized carbons (Fsp3) is 1.00. The van der Waals surface area contributed by atoms with Crippen LogP contribution in [-0.4, -0.2) is 18.8 Å². The summed E-state index contributed by atoms with van der Waals surface area (Å²) in [6.45, 7) is 0.891. The molecule has 3 heteroatoms. The molecule has 1 N–H and O–H groups in total. The molecule has 0 amide bonds. The Morgan fingerprint density at radius 2 is 1.77 bits per heavy atom. The lowest BCUT2D eigenvalue weighted by molar-refractivity contribution is 0.187. The number of halogens is 2. The monoisotopic (exact) mass is 207 g/mol. The van der Waals surface area contributed by atoms with Crippen molar-refractivity contribution in [1.29, 1.82) is 0 Å². The van der Waals surface area contributed by atoms with Gasteiger partial charge in [-0.25, -0.2) is 4.39 Å². The van der Waals surface area contributed by atoms with E-state index in [9.17, 15) is 4.39 Å². The summed E-state index contributed by atoms with van der Waals surface area (Å²) >= 11 is 0. The SMILES string of the molecule is Cl.FC1CCNC(C2CCCC2)C1. The third-order valence-electron chi connectivity index (χ3n) is 3.34. The van der Waals surface area contributed by atoms with Crippen molar-refractivity contribution in [2.24, 2.45) is 5.92 Å². The van der Waals surface area contributed by atoms with Gasteiger partial charge in [-0.2, -0.15) is 0 Å². The topological polar surface area (TPSA) is 12.0 Å². The fourth-order valence-electron chi connectivity index (χ4n) is 2.62. The molecule has 1 heterocycles. The van der Waals surface area contributed by atoms with Gasteiger partial charge in [-0.05, 0) is 38.1 Å². The van der Waals surface area contributed by atoms with Crippen LogP contribution in [0, 0.1) is 5.92 Å². The molecule has 0 aromatic rings. The second-order valence-electron chi connectivity index (χ2n) is 4.23. The van der Waals surface area contributed by atoms with Gasteiger partial charge < -0.3 is 5.32 Å². The van der Waals surface area contributed by atoms with Gasteiger partial charge in [-0.3, -0.25) is 0 Å². The molecule has 1 nitrogen and oxygen atoms in total. The molecule has 2 atom stereocenters. The van der Waals surface area contributed by atoms with Gasteiger partial charge in [-0.15, -0.1) is 12.4 Å². The third-order valence-corrected chi connectivity index (χ3v) is 3.34. The van der Waals surface area contributed by atoms with Gasteiger partial charge in [0.1, 0.15) is 6.17 Å². The van der Waals surface area contributed by atoms with Crippen molar-refractivity contribution in [3.05, 3.63) is 0 Å². The first-order valence-corrected chi connectivity index (χ1v) is 5.24. The van der Waals surface area contributed by atoms with E-state index >= 15 is 0 Å². The number of piperidine rings is 1. The minimum absolute atomic E-state index is 0. The molecule has 2 rings (SSSR count). The van der Waals surface area contributed by atoms with E-state index in [1.807, 2.05) is 0 Å². The van der Waals surface area contributed by atoms with Crippen LogP contribution in [0.5, 0.6) is 0 Å². The number of nitrogens with one attached hydrogen (secondary N) is 1. The maximum atomic E-state index is 13.0. The normalized spacial score (nSPS) is 35.8. The molecule has 0 bridgehead atoms. The van der Waals surface area contributed by atoms with Crippen LogP contribution in [0.15, 0.2) is 0 Å². The van der Waals surface area contributed by atoms with Crippen molar-refractivity contribution in [2.45, 2.75) is 50.7 Å². The standard InChI is InChI=1S/C10H18FN.ClH/c11-9-5-6-12-10(7-9)8-3-1-2-4-8;/h8-10,12H,1-7H2;1H. The van der Waals surface area contributed by atoms with Crippen molar-refractivity contribution in [3.8, 4) is 0 Å².